The van der Waals surface area contributed by atoms with E-state index in [-0.39, 0.29) is 6.42 Å². The summed E-state index contributed by atoms with van der Waals surface area (Å²) in [6.07, 6.45) is 1.10. The lowest BCUT2D eigenvalue weighted by Gasteiger charge is -2.03. The number of carboxylic acid groups (broad SMARTS) is 1. The normalized spacial score (nSPS) is 10.0. The maximum atomic E-state index is 10.5. The van der Waals surface area contributed by atoms with Crippen molar-refractivity contribution in [1.29, 1.82) is 0 Å². The summed E-state index contributed by atoms with van der Waals surface area (Å²) < 4.78 is 1.04. The second-order valence-corrected chi connectivity index (χ2v) is 4.01. The van der Waals surface area contributed by atoms with Gasteiger partial charge in [-0.2, -0.15) is 0 Å². The highest BCUT2D eigenvalue weighted by Crippen LogP contribution is 2.15. The topological polar surface area (TPSA) is 37.3 Å². The second kappa shape index (κ2) is 4.60. The van der Waals surface area contributed by atoms with Crippen LogP contribution in [0.4, 0.5) is 0 Å². The van der Waals surface area contributed by atoms with E-state index in [9.17, 15) is 4.79 Å². The molecule has 0 saturated carbocycles. The Balaban J connectivity index is 2.91. The molecule has 0 heterocycles. The molecule has 0 aromatic heterocycles. The van der Waals surface area contributed by atoms with Crippen LogP contribution in [0.2, 0.25) is 0 Å². The van der Waals surface area contributed by atoms with Crippen LogP contribution in [0.1, 0.15) is 18.1 Å². The van der Waals surface area contributed by atoms with Crippen LogP contribution in [0, 0.1) is 3.57 Å². The summed E-state index contributed by atoms with van der Waals surface area (Å²) in [5, 5.41) is 8.61. The molecule has 0 radical (unpaired) electrons. The van der Waals surface area contributed by atoms with Crippen LogP contribution in [0.25, 0.3) is 0 Å². The quantitative estimate of drug-likeness (QED) is 0.868. The van der Waals surface area contributed by atoms with Crippen molar-refractivity contribution < 1.29 is 9.90 Å². The Morgan fingerprint density at radius 1 is 1.54 bits per heavy atom. The molecule has 3 heteroatoms. The fourth-order valence-electron chi connectivity index (χ4n) is 1.12. The number of aryl methyl sites for hydroxylation is 1. The number of carboxylic acids is 1. The molecule has 0 aliphatic rings. The van der Waals surface area contributed by atoms with Crippen molar-refractivity contribution in [3.63, 3.8) is 0 Å². The number of aliphatic carboxylic acids is 1. The van der Waals surface area contributed by atoms with E-state index in [0.29, 0.717) is 0 Å². The van der Waals surface area contributed by atoms with Gasteiger partial charge in [-0.3, -0.25) is 4.79 Å². The molecule has 1 N–H and O–H groups in total. The molecule has 0 fully saturated rings. The predicted molar refractivity (Wildman–Crippen MR) is 59.9 cm³/mol. The van der Waals surface area contributed by atoms with Gasteiger partial charge in [0.2, 0.25) is 0 Å². The van der Waals surface area contributed by atoms with E-state index >= 15 is 0 Å². The molecule has 0 unspecified atom stereocenters. The Labute approximate surface area is 91.1 Å². The van der Waals surface area contributed by atoms with Crippen LogP contribution in [0.5, 0.6) is 0 Å². The van der Waals surface area contributed by atoms with Crippen LogP contribution in [-0.2, 0) is 17.6 Å². The van der Waals surface area contributed by atoms with Gasteiger partial charge < -0.3 is 5.11 Å². The van der Waals surface area contributed by atoms with Gasteiger partial charge in [0.15, 0.2) is 0 Å². The molecule has 0 bridgehead atoms. The molecule has 1 aromatic rings. The lowest BCUT2D eigenvalue weighted by Crippen LogP contribution is -2.02. The Morgan fingerprint density at radius 2 is 2.23 bits per heavy atom. The zero-order valence-corrected chi connectivity index (χ0v) is 9.54. The number of hydrogen-bond acceptors (Lipinski definition) is 1. The van der Waals surface area contributed by atoms with Crippen molar-refractivity contribution in [2.24, 2.45) is 0 Å². The summed E-state index contributed by atoms with van der Waals surface area (Å²) in [6, 6.07) is 5.92. The molecule has 2 nitrogen and oxygen atoms in total. The molecule has 13 heavy (non-hydrogen) atoms. The van der Waals surface area contributed by atoms with Crippen molar-refractivity contribution in [2.75, 3.05) is 0 Å². The number of hydrogen-bond donors (Lipinski definition) is 1. The zero-order chi connectivity index (χ0) is 9.84. The Kier molecular flexibility index (Phi) is 3.71. The smallest absolute Gasteiger partial charge is 0.307 e. The van der Waals surface area contributed by atoms with Gasteiger partial charge in [0.05, 0.1) is 6.42 Å². The summed E-state index contributed by atoms with van der Waals surface area (Å²) in [5.74, 6) is -0.776. The molecule has 1 aromatic carbocycles. The van der Waals surface area contributed by atoms with Gasteiger partial charge in [0.25, 0.3) is 0 Å². The van der Waals surface area contributed by atoms with E-state index in [0.717, 1.165) is 15.6 Å². The van der Waals surface area contributed by atoms with Crippen LogP contribution >= 0.6 is 22.6 Å². The number of benzene rings is 1. The van der Waals surface area contributed by atoms with Gasteiger partial charge >= 0.3 is 5.97 Å². The first-order chi connectivity index (χ1) is 6.13. The summed E-state index contributed by atoms with van der Waals surface area (Å²) in [7, 11) is 0. The molecule has 0 saturated heterocycles. The minimum atomic E-state index is -0.776. The number of halogens is 1. The summed E-state index contributed by atoms with van der Waals surface area (Å²) in [6.45, 7) is 2.09. The van der Waals surface area contributed by atoms with E-state index in [1.807, 2.05) is 18.2 Å². The molecule has 0 amide bonds. The average Bonchev–Trinajstić information content (AvgIpc) is 2.08. The monoisotopic (exact) mass is 290 g/mol. The first-order valence-electron chi connectivity index (χ1n) is 4.12. The summed E-state index contributed by atoms with van der Waals surface area (Å²) in [5.41, 5.74) is 2.14. The van der Waals surface area contributed by atoms with Gasteiger partial charge in [-0.05, 0) is 46.2 Å². The fraction of sp³-hybridized carbons (Fsp3) is 0.300. The highest BCUT2D eigenvalue weighted by Gasteiger charge is 2.04. The summed E-state index contributed by atoms with van der Waals surface area (Å²) in [4.78, 5) is 10.5. The highest BCUT2D eigenvalue weighted by atomic mass is 127. The minimum Gasteiger partial charge on any atom is -0.481 e. The Bertz CT molecular complexity index is 321. The number of carbonyl (C=O) groups is 1. The van der Waals surface area contributed by atoms with Gasteiger partial charge in [-0.25, -0.2) is 0 Å². The van der Waals surface area contributed by atoms with E-state index in [4.69, 9.17) is 5.11 Å². The van der Waals surface area contributed by atoms with Crippen LogP contribution in [0.3, 0.4) is 0 Å². The van der Waals surface area contributed by atoms with E-state index in [1.54, 1.807) is 0 Å². The zero-order valence-electron chi connectivity index (χ0n) is 7.38. The Hall–Kier alpha value is -0.580. The van der Waals surface area contributed by atoms with Crippen LogP contribution in [0.15, 0.2) is 18.2 Å². The first kappa shape index (κ1) is 10.5. The van der Waals surface area contributed by atoms with Crippen molar-refractivity contribution in [2.45, 2.75) is 19.8 Å². The van der Waals surface area contributed by atoms with Gasteiger partial charge in [0.1, 0.15) is 0 Å². The molecule has 1 rings (SSSR count). The second-order valence-electron chi connectivity index (χ2n) is 2.85. The van der Waals surface area contributed by atoms with Crippen LogP contribution < -0.4 is 0 Å². The fourth-order valence-corrected chi connectivity index (χ4v) is 1.89. The molecule has 0 aliphatic carbocycles. The van der Waals surface area contributed by atoms with Crippen molar-refractivity contribution >= 4 is 28.6 Å². The predicted octanol–water partition coefficient (Wildman–Crippen LogP) is 2.48. The highest BCUT2D eigenvalue weighted by molar-refractivity contribution is 14.1. The minimum absolute atomic E-state index is 0.113. The van der Waals surface area contributed by atoms with Crippen molar-refractivity contribution in [1.82, 2.24) is 0 Å². The van der Waals surface area contributed by atoms with E-state index in [1.165, 1.54) is 5.56 Å². The third kappa shape index (κ3) is 2.99. The third-order valence-corrected chi connectivity index (χ3v) is 2.87. The molecular formula is C10H11IO2. The maximum Gasteiger partial charge on any atom is 0.307 e. The van der Waals surface area contributed by atoms with E-state index in [2.05, 4.69) is 29.5 Å². The first-order valence-corrected chi connectivity index (χ1v) is 5.20. The third-order valence-electron chi connectivity index (χ3n) is 1.87. The van der Waals surface area contributed by atoms with Gasteiger partial charge in [-0.15, -0.1) is 0 Å². The lowest BCUT2D eigenvalue weighted by atomic mass is 10.1. The lowest BCUT2D eigenvalue weighted by molar-refractivity contribution is -0.136. The van der Waals surface area contributed by atoms with Crippen LogP contribution in [-0.4, -0.2) is 11.1 Å². The molecule has 0 atom stereocenters. The average molecular weight is 290 g/mol. The standard InChI is InChI=1S/C10H11IO2/c1-2-7-3-4-8(6-10(12)13)9(11)5-7/h3-5H,2,6H2,1H3,(H,12,13). The Morgan fingerprint density at radius 3 is 2.69 bits per heavy atom. The molecular weight excluding hydrogens is 279 g/mol. The maximum absolute atomic E-state index is 10.5. The molecule has 0 spiro atoms. The van der Waals surface area contributed by atoms with Crippen molar-refractivity contribution in [3.8, 4) is 0 Å². The number of rotatable bonds is 3. The van der Waals surface area contributed by atoms with Gasteiger partial charge in [-0.1, -0.05) is 19.1 Å². The molecule has 70 valence electrons. The summed E-state index contributed by atoms with van der Waals surface area (Å²) >= 11 is 2.18. The van der Waals surface area contributed by atoms with E-state index < -0.39 is 5.97 Å². The van der Waals surface area contributed by atoms with Gasteiger partial charge in [0, 0.05) is 3.57 Å². The van der Waals surface area contributed by atoms with Crippen molar-refractivity contribution in [3.05, 3.63) is 32.9 Å². The molecule has 0 aliphatic heterocycles. The largest absolute Gasteiger partial charge is 0.481 e. The SMILES string of the molecule is CCc1ccc(CC(=O)O)c(I)c1.